The Bertz CT molecular complexity index is 942. The Hall–Kier alpha value is -2.71. The highest BCUT2D eigenvalue weighted by atomic mass is 32.2. The molecule has 2 rings (SSSR count). The fraction of sp³-hybridized carbons (Fsp3) is 0.263. The smallest absolute Gasteiger partial charge is 0.338 e. The number of ether oxygens (including phenoxy) is 1. The molecule has 0 saturated heterocycles. The molecule has 2 aromatic rings. The van der Waals surface area contributed by atoms with Gasteiger partial charge >= 0.3 is 5.97 Å². The number of primary sulfonamides is 1. The van der Waals surface area contributed by atoms with Crippen molar-refractivity contribution in [1.29, 1.82) is 0 Å². The van der Waals surface area contributed by atoms with E-state index in [2.05, 4.69) is 5.32 Å². The maximum atomic E-state index is 12.3. The highest BCUT2D eigenvalue weighted by Crippen LogP contribution is 2.17. The molecule has 0 heterocycles. The first-order chi connectivity index (χ1) is 12.6. The molecule has 2 unspecified atom stereocenters. The van der Waals surface area contributed by atoms with Crippen LogP contribution in [0.2, 0.25) is 0 Å². The molecule has 0 aliphatic rings. The highest BCUT2D eigenvalue weighted by molar-refractivity contribution is 7.89. The molecule has 0 radical (unpaired) electrons. The first kappa shape index (κ1) is 20.6. The van der Waals surface area contributed by atoms with Gasteiger partial charge in [0.05, 0.1) is 16.5 Å². The van der Waals surface area contributed by atoms with Gasteiger partial charge in [0, 0.05) is 0 Å². The lowest BCUT2D eigenvalue weighted by molar-refractivity contribution is -0.129. The van der Waals surface area contributed by atoms with E-state index in [1.165, 1.54) is 19.1 Å². The molecule has 1 amide bonds. The predicted molar refractivity (Wildman–Crippen MR) is 100 cm³/mol. The number of carbonyl (C=O) groups is 2. The fourth-order valence-electron chi connectivity index (χ4n) is 2.47. The summed E-state index contributed by atoms with van der Waals surface area (Å²) in [7, 11) is -3.97. The summed E-state index contributed by atoms with van der Waals surface area (Å²) in [5, 5.41) is 7.91. The third kappa shape index (κ3) is 5.38. The highest BCUT2D eigenvalue weighted by Gasteiger charge is 2.22. The second-order valence-corrected chi connectivity index (χ2v) is 7.74. The second-order valence-electron chi connectivity index (χ2n) is 6.21. The molecule has 0 aliphatic carbocycles. The molecule has 2 aromatic carbocycles. The summed E-state index contributed by atoms with van der Waals surface area (Å²) in [6, 6.07) is 13.1. The summed E-state index contributed by atoms with van der Waals surface area (Å²) in [6.07, 6.45) is -1.05. The van der Waals surface area contributed by atoms with Crippen molar-refractivity contribution in [3.05, 3.63) is 65.2 Å². The van der Waals surface area contributed by atoms with Crippen molar-refractivity contribution in [2.75, 3.05) is 0 Å². The van der Waals surface area contributed by atoms with Crippen molar-refractivity contribution < 1.29 is 22.7 Å². The fourth-order valence-corrected chi connectivity index (χ4v) is 3.28. The Labute approximate surface area is 158 Å². The van der Waals surface area contributed by atoms with Gasteiger partial charge < -0.3 is 10.1 Å². The summed E-state index contributed by atoms with van der Waals surface area (Å²) in [5.74, 6) is -1.27. The lowest BCUT2D eigenvalue weighted by Gasteiger charge is -2.18. The van der Waals surface area contributed by atoms with Crippen molar-refractivity contribution in [2.24, 2.45) is 5.14 Å². The van der Waals surface area contributed by atoms with E-state index in [0.29, 0.717) is 5.56 Å². The maximum Gasteiger partial charge on any atom is 0.338 e. The van der Waals surface area contributed by atoms with Gasteiger partial charge in [0.1, 0.15) is 0 Å². The van der Waals surface area contributed by atoms with Crippen molar-refractivity contribution in [1.82, 2.24) is 5.32 Å². The monoisotopic (exact) mass is 390 g/mol. The molecule has 0 bridgehead atoms. The van der Waals surface area contributed by atoms with Gasteiger partial charge in [-0.15, -0.1) is 0 Å². The van der Waals surface area contributed by atoms with Crippen LogP contribution in [0.15, 0.2) is 53.4 Å². The molecular weight excluding hydrogens is 368 g/mol. The van der Waals surface area contributed by atoms with Crippen molar-refractivity contribution in [2.45, 2.75) is 37.8 Å². The zero-order chi connectivity index (χ0) is 20.2. The number of aryl methyl sites for hydroxylation is 1. The molecule has 8 heteroatoms. The molecule has 0 saturated carbocycles. The Balaban J connectivity index is 2.06. The Morgan fingerprint density at radius 2 is 1.70 bits per heavy atom. The van der Waals surface area contributed by atoms with E-state index in [-0.39, 0.29) is 16.5 Å². The minimum atomic E-state index is -3.97. The summed E-state index contributed by atoms with van der Waals surface area (Å²) >= 11 is 0. The Kier molecular flexibility index (Phi) is 6.35. The molecule has 0 spiro atoms. The number of esters is 1. The van der Waals surface area contributed by atoms with Crippen LogP contribution in [-0.2, 0) is 19.6 Å². The van der Waals surface area contributed by atoms with Crippen molar-refractivity contribution in [3.63, 3.8) is 0 Å². The van der Waals surface area contributed by atoms with Gasteiger partial charge in [0.2, 0.25) is 10.0 Å². The van der Waals surface area contributed by atoms with E-state index < -0.39 is 28.0 Å². The van der Waals surface area contributed by atoms with Crippen LogP contribution in [0, 0.1) is 6.92 Å². The molecule has 3 N–H and O–H groups in total. The normalized spacial score (nSPS) is 13.5. The van der Waals surface area contributed by atoms with Gasteiger partial charge in [-0.3, -0.25) is 4.79 Å². The molecule has 2 atom stereocenters. The van der Waals surface area contributed by atoms with E-state index >= 15 is 0 Å². The molecule has 7 nitrogen and oxygen atoms in total. The number of benzene rings is 2. The Morgan fingerprint density at radius 3 is 2.30 bits per heavy atom. The molecule has 0 fully saturated rings. The third-order valence-corrected chi connectivity index (χ3v) is 5.09. The minimum absolute atomic E-state index is 0.000354. The average molecular weight is 390 g/mol. The quantitative estimate of drug-likeness (QED) is 0.733. The number of nitrogens with two attached hydrogens (primary N) is 1. The third-order valence-electron chi connectivity index (χ3n) is 4.04. The van der Waals surface area contributed by atoms with Gasteiger partial charge in [0.25, 0.3) is 5.91 Å². The van der Waals surface area contributed by atoms with Gasteiger partial charge in [0.15, 0.2) is 6.10 Å². The molecule has 144 valence electrons. The first-order valence-electron chi connectivity index (χ1n) is 8.29. The number of sulfonamides is 1. The summed E-state index contributed by atoms with van der Waals surface area (Å²) < 4.78 is 28.3. The second kappa shape index (κ2) is 8.32. The van der Waals surface area contributed by atoms with Crippen LogP contribution in [-0.4, -0.2) is 26.4 Å². The predicted octanol–water partition coefficient (Wildman–Crippen LogP) is 2.07. The molecule has 27 heavy (non-hydrogen) atoms. The topological polar surface area (TPSA) is 116 Å². The van der Waals surface area contributed by atoms with Crippen LogP contribution in [0.3, 0.4) is 0 Å². The van der Waals surface area contributed by atoms with Crippen molar-refractivity contribution in [3.8, 4) is 0 Å². The minimum Gasteiger partial charge on any atom is -0.449 e. The van der Waals surface area contributed by atoms with Crippen LogP contribution < -0.4 is 10.5 Å². The largest absolute Gasteiger partial charge is 0.449 e. The molecular formula is C19H22N2O5S. The van der Waals surface area contributed by atoms with E-state index in [4.69, 9.17) is 9.88 Å². The van der Waals surface area contributed by atoms with Gasteiger partial charge in [-0.1, -0.05) is 36.4 Å². The molecule has 0 aliphatic heterocycles. The first-order valence-corrected chi connectivity index (χ1v) is 9.84. The van der Waals surface area contributed by atoms with Crippen LogP contribution in [0.4, 0.5) is 0 Å². The number of hydrogen-bond acceptors (Lipinski definition) is 5. The number of nitrogens with one attached hydrogen (secondary N) is 1. The zero-order valence-electron chi connectivity index (χ0n) is 15.3. The summed E-state index contributed by atoms with van der Waals surface area (Å²) in [4.78, 5) is 24.4. The van der Waals surface area contributed by atoms with Crippen LogP contribution in [0.5, 0.6) is 0 Å². The van der Waals surface area contributed by atoms with Gasteiger partial charge in [-0.05, 0) is 44.0 Å². The molecule has 0 aromatic heterocycles. The number of rotatable bonds is 6. The van der Waals surface area contributed by atoms with E-state index in [0.717, 1.165) is 11.6 Å². The average Bonchev–Trinajstić information content (AvgIpc) is 2.61. The standard InChI is InChI=1S/C19H22N2O5S/c1-12-9-10-16(11-17(12)27(20,24)25)19(23)26-14(3)18(22)21-13(2)15-7-5-4-6-8-15/h4-11,13-14H,1-3H3,(H,21,22)(H2,20,24,25). The van der Waals surface area contributed by atoms with Gasteiger partial charge in [-0.25, -0.2) is 18.4 Å². The SMILES string of the molecule is Cc1ccc(C(=O)OC(C)C(=O)NC(C)c2ccccc2)cc1S(N)(=O)=O. The van der Waals surface area contributed by atoms with Crippen molar-refractivity contribution >= 4 is 21.9 Å². The van der Waals surface area contributed by atoms with Crippen LogP contribution in [0.1, 0.15) is 41.4 Å². The van der Waals surface area contributed by atoms with E-state index in [1.807, 2.05) is 37.3 Å². The number of hydrogen-bond donors (Lipinski definition) is 2. The lowest BCUT2D eigenvalue weighted by atomic mass is 10.1. The summed E-state index contributed by atoms with van der Waals surface area (Å²) in [5.41, 5.74) is 1.33. The lowest BCUT2D eigenvalue weighted by Crippen LogP contribution is -2.37. The van der Waals surface area contributed by atoms with Gasteiger partial charge in [-0.2, -0.15) is 0 Å². The van der Waals surface area contributed by atoms with E-state index in [1.54, 1.807) is 6.92 Å². The Morgan fingerprint density at radius 1 is 1.07 bits per heavy atom. The van der Waals surface area contributed by atoms with E-state index in [9.17, 15) is 18.0 Å². The maximum absolute atomic E-state index is 12.3. The zero-order valence-corrected chi connectivity index (χ0v) is 16.1. The summed E-state index contributed by atoms with van der Waals surface area (Å²) in [6.45, 7) is 4.83. The van der Waals surface area contributed by atoms with Crippen LogP contribution in [0.25, 0.3) is 0 Å². The number of amides is 1. The van der Waals surface area contributed by atoms with Crippen LogP contribution >= 0.6 is 0 Å². The number of carbonyl (C=O) groups excluding carboxylic acids is 2.